The fraction of sp³-hybridized carbons (Fsp3) is 0.435. The zero-order valence-corrected chi connectivity index (χ0v) is 18.8. The highest BCUT2D eigenvalue weighted by Gasteiger charge is 2.30. The van der Waals surface area contributed by atoms with Crippen molar-refractivity contribution < 1.29 is 19.0 Å². The molecular weight excluding hydrogens is 396 g/mol. The molecule has 0 aliphatic carbocycles. The largest absolute Gasteiger partial charge is 0.474 e. The Balaban J connectivity index is 1.75. The van der Waals surface area contributed by atoms with Gasteiger partial charge in [-0.2, -0.15) is 10.1 Å². The third kappa shape index (κ3) is 5.39. The van der Waals surface area contributed by atoms with Crippen LogP contribution in [-0.2, 0) is 26.2 Å². The van der Waals surface area contributed by atoms with Gasteiger partial charge in [0.2, 0.25) is 5.90 Å². The minimum Gasteiger partial charge on any atom is -0.474 e. The number of methoxy groups -OCH3 is 2. The van der Waals surface area contributed by atoms with E-state index >= 15 is 0 Å². The van der Waals surface area contributed by atoms with Crippen molar-refractivity contribution in [2.75, 3.05) is 34.0 Å². The van der Waals surface area contributed by atoms with Crippen LogP contribution in [0.3, 0.4) is 0 Å². The van der Waals surface area contributed by atoms with Gasteiger partial charge in [-0.15, -0.1) is 5.10 Å². The molecule has 0 amide bonds. The number of carbonyl (C=O) groups is 1. The summed E-state index contributed by atoms with van der Waals surface area (Å²) in [6.45, 7) is 11.8. The van der Waals surface area contributed by atoms with Crippen LogP contribution in [0.25, 0.3) is 0 Å². The number of rotatable bonds is 8. The van der Waals surface area contributed by atoms with E-state index in [4.69, 9.17) is 14.2 Å². The molecule has 0 unspecified atom stereocenters. The summed E-state index contributed by atoms with van der Waals surface area (Å²) in [6.07, 6.45) is 3.51. The number of ether oxygens (including phenoxy) is 3. The number of hydrogen-bond acceptors (Lipinski definition) is 8. The van der Waals surface area contributed by atoms with Gasteiger partial charge in [0, 0.05) is 25.9 Å². The SMILES string of the molecule is C=C1N(CC(=O)c2cc(COC)cc(C(C)(C)C)c2)N=C2C=CC(OCCOC)=NN12. The summed E-state index contributed by atoms with van der Waals surface area (Å²) >= 11 is 0. The summed E-state index contributed by atoms with van der Waals surface area (Å²) in [6, 6.07) is 5.90. The van der Waals surface area contributed by atoms with Crippen LogP contribution in [0.5, 0.6) is 0 Å². The van der Waals surface area contributed by atoms with Crippen LogP contribution in [0.1, 0.15) is 42.3 Å². The van der Waals surface area contributed by atoms with Gasteiger partial charge in [-0.25, -0.2) is 5.01 Å². The lowest BCUT2D eigenvalue weighted by Crippen LogP contribution is -2.29. The van der Waals surface area contributed by atoms with E-state index in [-0.39, 0.29) is 17.7 Å². The molecule has 0 atom stereocenters. The number of amidine groups is 1. The third-order valence-corrected chi connectivity index (χ3v) is 4.88. The maximum Gasteiger partial charge on any atom is 0.231 e. The van der Waals surface area contributed by atoms with Gasteiger partial charge in [0.15, 0.2) is 11.6 Å². The van der Waals surface area contributed by atoms with Crippen molar-refractivity contribution in [3.05, 3.63) is 59.4 Å². The molecule has 0 fully saturated rings. The van der Waals surface area contributed by atoms with E-state index in [0.29, 0.717) is 42.9 Å². The lowest BCUT2D eigenvalue weighted by Gasteiger charge is -2.22. The smallest absolute Gasteiger partial charge is 0.231 e. The van der Waals surface area contributed by atoms with Crippen LogP contribution in [-0.4, -0.2) is 61.5 Å². The van der Waals surface area contributed by atoms with Gasteiger partial charge in [0.25, 0.3) is 0 Å². The second-order valence-electron chi connectivity index (χ2n) is 8.38. The number of nitrogens with zero attached hydrogens (tertiary/aromatic N) is 4. The van der Waals surface area contributed by atoms with Gasteiger partial charge in [-0.1, -0.05) is 33.4 Å². The first-order valence-electron chi connectivity index (χ1n) is 10.1. The third-order valence-electron chi connectivity index (χ3n) is 4.88. The number of fused-ring (bicyclic) bond motifs is 1. The quantitative estimate of drug-likeness (QED) is 0.469. The molecule has 31 heavy (non-hydrogen) atoms. The van der Waals surface area contributed by atoms with E-state index in [0.717, 1.165) is 11.1 Å². The summed E-state index contributed by atoms with van der Waals surface area (Å²) in [7, 11) is 3.26. The highest BCUT2D eigenvalue weighted by molar-refractivity contribution is 6.05. The molecule has 8 heteroatoms. The monoisotopic (exact) mass is 426 g/mol. The molecule has 0 radical (unpaired) electrons. The molecule has 0 bridgehead atoms. The van der Waals surface area contributed by atoms with Crippen molar-refractivity contribution in [2.45, 2.75) is 32.8 Å². The molecule has 1 aromatic rings. The average Bonchev–Trinajstić information content (AvgIpc) is 3.02. The van der Waals surface area contributed by atoms with Crippen molar-refractivity contribution in [3.8, 4) is 0 Å². The Morgan fingerprint density at radius 1 is 1.06 bits per heavy atom. The Kier molecular flexibility index (Phi) is 6.92. The number of Topliss-reactive ketones (excluding diaryl/α,β-unsaturated/α-hetero) is 1. The summed E-state index contributed by atoms with van der Waals surface area (Å²) in [4.78, 5) is 13.1. The molecular formula is C23H30N4O4. The Bertz CT molecular complexity index is 943. The fourth-order valence-corrected chi connectivity index (χ4v) is 3.15. The zero-order valence-electron chi connectivity index (χ0n) is 18.8. The van der Waals surface area contributed by atoms with E-state index in [9.17, 15) is 4.79 Å². The molecule has 2 aliphatic rings. The molecule has 0 saturated heterocycles. The first kappa shape index (κ1) is 22.7. The normalized spacial score (nSPS) is 15.7. The maximum absolute atomic E-state index is 13.1. The Morgan fingerprint density at radius 2 is 1.84 bits per heavy atom. The molecule has 0 aromatic heterocycles. The zero-order chi connectivity index (χ0) is 22.6. The predicted molar refractivity (Wildman–Crippen MR) is 120 cm³/mol. The average molecular weight is 427 g/mol. The molecule has 2 heterocycles. The second kappa shape index (κ2) is 9.45. The van der Waals surface area contributed by atoms with E-state index in [1.54, 1.807) is 36.4 Å². The molecule has 1 aromatic carbocycles. The molecule has 166 valence electrons. The number of ketones is 1. The Morgan fingerprint density at radius 3 is 2.52 bits per heavy atom. The first-order valence-corrected chi connectivity index (χ1v) is 10.1. The van der Waals surface area contributed by atoms with Crippen molar-refractivity contribution in [1.82, 2.24) is 10.0 Å². The molecule has 8 nitrogen and oxygen atoms in total. The summed E-state index contributed by atoms with van der Waals surface area (Å²) < 4.78 is 15.8. The standard InChI is InChI=1S/C23H30N4O4/c1-16-26(24-21-7-8-22(25-27(16)21)31-10-9-29-5)14-20(28)18-11-17(15-30-6)12-19(13-18)23(2,3)4/h7-8,11-13H,1,9-10,14-15H2,2-6H3. The number of benzene rings is 1. The van der Waals surface area contributed by atoms with Crippen molar-refractivity contribution in [3.63, 3.8) is 0 Å². The van der Waals surface area contributed by atoms with Gasteiger partial charge < -0.3 is 14.2 Å². The number of hydrogen-bond donors (Lipinski definition) is 0. The summed E-state index contributed by atoms with van der Waals surface area (Å²) in [5, 5.41) is 12.0. The fourth-order valence-electron chi connectivity index (χ4n) is 3.15. The number of hydrazone groups is 2. The van der Waals surface area contributed by atoms with Gasteiger partial charge >= 0.3 is 0 Å². The number of carbonyl (C=O) groups excluding carboxylic acids is 1. The molecule has 0 spiro atoms. The van der Waals surface area contributed by atoms with Crippen molar-refractivity contribution in [2.24, 2.45) is 10.2 Å². The Hall–Kier alpha value is -2.97. The van der Waals surface area contributed by atoms with Crippen LogP contribution in [0.15, 0.2) is 53.0 Å². The van der Waals surface area contributed by atoms with E-state index < -0.39 is 0 Å². The van der Waals surface area contributed by atoms with Crippen LogP contribution in [0.2, 0.25) is 0 Å². The van der Waals surface area contributed by atoms with Crippen molar-refractivity contribution in [1.29, 1.82) is 0 Å². The maximum atomic E-state index is 13.1. The second-order valence-corrected chi connectivity index (χ2v) is 8.38. The minimum absolute atomic E-state index is 0.0571. The summed E-state index contributed by atoms with van der Waals surface area (Å²) in [5.74, 6) is 1.45. The molecule has 0 saturated carbocycles. The van der Waals surface area contributed by atoms with E-state index in [1.165, 1.54) is 0 Å². The van der Waals surface area contributed by atoms with Gasteiger partial charge in [-0.3, -0.25) is 4.79 Å². The van der Waals surface area contributed by atoms with E-state index in [1.807, 2.05) is 12.1 Å². The lowest BCUT2D eigenvalue weighted by atomic mass is 9.84. The topological polar surface area (TPSA) is 76.0 Å². The van der Waals surface area contributed by atoms with Crippen LogP contribution in [0.4, 0.5) is 0 Å². The predicted octanol–water partition coefficient (Wildman–Crippen LogP) is 3.26. The highest BCUT2D eigenvalue weighted by Crippen LogP contribution is 2.27. The van der Waals surface area contributed by atoms with E-state index in [2.05, 4.69) is 43.6 Å². The Labute approximate surface area is 183 Å². The minimum atomic E-state index is -0.0877. The van der Waals surface area contributed by atoms with Crippen LogP contribution >= 0.6 is 0 Å². The molecule has 2 aliphatic heterocycles. The molecule has 0 N–H and O–H groups in total. The van der Waals surface area contributed by atoms with Gasteiger partial charge in [0.05, 0.1) is 13.2 Å². The van der Waals surface area contributed by atoms with Gasteiger partial charge in [-0.05, 0) is 34.8 Å². The van der Waals surface area contributed by atoms with Gasteiger partial charge in [0.1, 0.15) is 19.0 Å². The summed E-state index contributed by atoms with van der Waals surface area (Å²) in [5.41, 5.74) is 2.59. The highest BCUT2D eigenvalue weighted by atomic mass is 16.5. The van der Waals surface area contributed by atoms with Crippen LogP contribution < -0.4 is 0 Å². The lowest BCUT2D eigenvalue weighted by molar-refractivity contribution is 0.0947. The molecule has 3 rings (SSSR count). The van der Waals surface area contributed by atoms with Crippen molar-refractivity contribution >= 4 is 17.5 Å². The van der Waals surface area contributed by atoms with Crippen LogP contribution in [0, 0.1) is 0 Å². The first-order chi connectivity index (χ1) is 14.7.